The molecule has 137 heavy (non-hydrogen) atoms. The molecule has 13 amide bonds. The van der Waals surface area contributed by atoms with Gasteiger partial charge in [0.1, 0.15) is 54.3 Å². The maximum atomic E-state index is 15.1. The molecule has 6 aromatic rings. The van der Waals surface area contributed by atoms with Crippen LogP contribution in [-0.4, -0.2) is 264 Å². The summed E-state index contributed by atoms with van der Waals surface area (Å²) < 4.78 is 32.7. The number of pyridine rings is 1. The quantitative estimate of drug-likeness (QED) is 0.0163. The molecule has 0 aliphatic carbocycles. The Labute approximate surface area is 804 Å². The number of hydrogen-bond donors (Lipinski definition) is 16. The van der Waals surface area contributed by atoms with Gasteiger partial charge in [-0.3, -0.25) is 57.6 Å². The number of fused-ring (bicyclic) bond motifs is 1. The number of aliphatic hydroxyl groups is 1. The SMILES string of the molecule is CC[C@H](C)[C@@H]([C@@H](CC(=O)N1CCC[C@H]1C[C@@H](C)C(=O)N[C@H](C)[C@@H](O)c1ccccc1)OC)N(C)C(=O)[C@@H](NC(=O)[C@H](C(C)C)N(C)C(=O)OCc1ccc(NC(=O)[C@H](CCCNC(N)=O)NC(=O)[C@@H](NC(=O)[C@@H](CCC(=O)O)NC(=O)CCOCCC(=O)NCCNc2ncc(-c3cc(C)cc(F)c3)c(N3CCC(N)CC3)c2-c2nc3ccc(Cl)cc3[nH]2)C(C)C)cc1C(=O)NCCN)C(C)C. The highest BCUT2D eigenvalue weighted by molar-refractivity contribution is 6.31. The number of methoxy groups -OCH3 is 1. The van der Waals surface area contributed by atoms with Crippen LogP contribution in [0.4, 0.5) is 31.2 Å². The van der Waals surface area contributed by atoms with Gasteiger partial charge in [0.05, 0.1) is 66.2 Å². The van der Waals surface area contributed by atoms with Crippen LogP contribution in [-0.2, 0) is 68.8 Å². The van der Waals surface area contributed by atoms with Crippen LogP contribution in [0.25, 0.3) is 33.5 Å². The molecular weight excluding hydrogens is 1790 g/mol. The number of likely N-dealkylation sites (tertiary alicyclic amines) is 1. The van der Waals surface area contributed by atoms with E-state index in [0.717, 1.165) is 22.6 Å². The summed E-state index contributed by atoms with van der Waals surface area (Å²) in [5.41, 5.74) is 23.0. The number of carbonyl (C=O) groups is 13. The number of anilines is 3. The number of carbonyl (C=O) groups excluding carboxylic acids is 12. The predicted octanol–water partition coefficient (Wildman–Crippen LogP) is 7.66. The first-order valence-corrected chi connectivity index (χ1v) is 47.5. The van der Waals surface area contributed by atoms with Crippen LogP contribution in [0.15, 0.2) is 91.1 Å². The normalized spacial score (nSPS) is 15.8. The van der Waals surface area contributed by atoms with Crippen LogP contribution in [0, 0.1) is 42.3 Å². The largest absolute Gasteiger partial charge is 0.481 e. The molecule has 2 fully saturated rings. The lowest BCUT2D eigenvalue weighted by molar-refractivity contribution is -0.146. The fourth-order valence-electron chi connectivity index (χ4n) is 17.1. The molecule has 12 atom stereocenters. The van der Waals surface area contributed by atoms with E-state index in [-0.39, 0.29) is 131 Å². The zero-order valence-corrected chi connectivity index (χ0v) is 81.7. The number of rotatable bonds is 52. The van der Waals surface area contributed by atoms with Crippen molar-refractivity contribution in [2.75, 3.05) is 102 Å². The minimum atomic E-state index is -1.50. The molecule has 2 saturated heterocycles. The van der Waals surface area contributed by atoms with Gasteiger partial charge >= 0.3 is 18.1 Å². The summed E-state index contributed by atoms with van der Waals surface area (Å²) in [5.74, 6) is -9.35. The topological polar surface area (TPSA) is 543 Å². The zero-order chi connectivity index (χ0) is 101. The minimum Gasteiger partial charge on any atom is -0.481 e. The number of nitrogens with one attached hydrogen (secondary N) is 11. The standard InChI is InChI=1S/C97H140ClFN20O18/c1-15-58(9)84(75(135-14)51-78(122)119-40-20-23-68(119)47-59(10)89(126)108-60(11)86(125)61-21-17-16-18-22-61)116(12)95(132)82(55(4)5)115-94(131)83(56(6)7)117(13)97(134)137-53-62-25-27-67(50-69(62)90(127)105-37-35-100)109-91(128)72(24-19-36-106-96(102)133)113-93(130)81(54(2)3)114-92(129)73(29-30-79(123)124)110-77(121)34-44-136-43-33-76(120)103-38-39-104-87-80(88-111-71-28-26-64(98)49-74(71)112-88)85(118-41-31-66(101)32-42-118)70(52-107-87)63-45-57(8)46-65(99)48-63/h16-18,21-22,25-28,45-46,48-50,52,54-56,58-60,66,68,72-73,75,81-84,86,125H,15,19-20,23-24,29-44,47,51,53,100-101H2,1-14H3,(H,103,120)(H,104,107)(H,105,127)(H,108,126)(H,109,128)(H,110,121)(H,111,112)(H,113,130)(H,114,129)(H,115,131)(H,123,124)(H3,102,106,133)/t58-,59+,60+,68-,72-,73+,75+,81-,82-,83-,84-,86+/m0/s1. The number of benzene rings is 4. The average Bonchev–Trinajstić information content (AvgIpc) is 1.72. The van der Waals surface area contributed by atoms with E-state index in [1.54, 1.807) is 104 Å². The monoisotopic (exact) mass is 1930 g/mol. The van der Waals surface area contributed by atoms with Crippen molar-refractivity contribution >= 4 is 117 Å². The number of likely N-dealkylation sites (N-methyl/N-ethyl adjacent to an activating group) is 2. The minimum absolute atomic E-state index is 0.00109. The van der Waals surface area contributed by atoms with Gasteiger partial charge in [-0.05, 0) is 148 Å². The number of primary amides is 1. The molecule has 750 valence electrons. The van der Waals surface area contributed by atoms with E-state index in [2.05, 4.69) is 63.1 Å². The number of hydrogen-bond acceptors (Lipinski definition) is 23. The Kier molecular flexibility index (Phi) is 43.0. The molecule has 2 aromatic heterocycles. The number of aliphatic carboxylic acids is 1. The first-order chi connectivity index (χ1) is 65.1. The van der Waals surface area contributed by atoms with Gasteiger partial charge in [-0.2, -0.15) is 0 Å². The van der Waals surface area contributed by atoms with Crippen LogP contribution in [0.2, 0.25) is 5.02 Å². The summed E-state index contributed by atoms with van der Waals surface area (Å²) in [4.78, 5) is 199. The number of nitrogens with zero attached hydrogens (tertiary/aromatic N) is 6. The average molecular weight is 1930 g/mol. The van der Waals surface area contributed by atoms with Gasteiger partial charge in [0, 0.05) is 144 Å². The third-order valence-corrected chi connectivity index (χ3v) is 25.1. The van der Waals surface area contributed by atoms with Gasteiger partial charge in [0.25, 0.3) is 5.91 Å². The third kappa shape index (κ3) is 32.2. The van der Waals surface area contributed by atoms with E-state index < -0.39 is 163 Å². The molecule has 0 saturated carbocycles. The fraction of sp³-hybridized carbons (Fsp3) is 0.557. The number of H-pyrrole nitrogens is 1. The summed E-state index contributed by atoms with van der Waals surface area (Å²) in [7, 11) is 4.44. The van der Waals surface area contributed by atoms with Crippen molar-refractivity contribution in [1.29, 1.82) is 0 Å². The predicted molar refractivity (Wildman–Crippen MR) is 519 cm³/mol. The number of carboxylic acids is 1. The molecule has 2 aliphatic heterocycles. The Morgan fingerprint density at radius 1 is 0.708 bits per heavy atom. The number of halogens is 2. The second-order valence-electron chi connectivity index (χ2n) is 36.5. The van der Waals surface area contributed by atoms with Crippen LogP contribution in [0.3, 0.4) is 0 Å². The molecule has 19 N–H and O–H groups in total. The van der Waals surface area contributed by atoms with Crippen molar-refractivity contribution in [3.8, 4) is 22.5 Å². The molecular formula is C97H140ClFN20O18. The molecule has 0 radical (unpaired) electrons. The summed E-state index contributed by atoms with van der Waals surface area (Å²) >= 11 is 6.40. The van der Waals surface area contributed by atoms with Gasteiger partial charge in [0.15, 0.2) is 0 Å². The number of amides is 13. The molecule has 0 spiro atoms. The van der Waals surface area contributed by atoms with Crippen LogP contribution in [0.5, 0.6) is 0 Å². The molecule has 4 aromatic carbocycles. The number of piperidine rings is 1. The number of aromatic amines is 1. The Hall–Kier alpha value is -12.2. The summed E-state index contributed by atoms with van der Waals surface area (Å²) in [5, 5.41) is 48.9. The van der Waals surface area contributed by atoms with Crippen molar-refractivity contribution in [2.45, 2.75) is 233 Å². The highest BCUT2D eigenvalue weighted by Gasteiger charge is 2.43. The maximum absolute atomic E-state index is 15.1. The van der Waals surface area contributed by atoms with Crippen molar-refractivity contribution < 1.29 is 91.1 Å². The number of ether oxygens (including phenoxy) is 3. The first-order valence-electron chi connectivity index (χ1n) is 47.1. The van der Waals surface area contributed by atoms with Crippen LogP contribution >= 0.6 is 11.6 Å². The fourth-order valence-corrected chi connectivity index (χ4v) is 17.3. The lowest BCUT2D eigenvalue weighted by atomic mass is 9.89. The maximum Gasteiger partial charge on any atom is 0.410 e. The number of nitrogens with two attached hydrogens (primary N) is 3. The van der Waals surface area contributed by atoms with Gasteiger partial charge in [0.2, 0.25) is 53.2 Å². The van der Waals surface area contributed by atoms with E-state index in [0.29, 0.717) is 102 Å². The summed E-state index contributed by atoms with van der Waals surface area (Å²) in [6.07, 6.45) is 1.15. The lowest BCUT2D eigenvalue weighted by Crippen LogP contribution is -2.60. The number of aryl methyl sites for hydroxylation is 1. The molecule has 8 rings (SSSR count). The van der Waals surface area contributed by atoms with Crippen molar-refractivity contribution in [3.05, 3.63) is 124 Å². The Morgan fingerprint density at radius 3 is 2.04 bits per heavy atom. The number of aromatic nitrogens is 3. The van der Waals surface area contributed by atoms with E-state index in [1.807, 2.05) is 45.0 Å². The van der Waals surface area contributed by atoms with Gasteiger partial charge in [-0.25, -0.2) is 23.9 Å². The highest BCUT2D eigenvalue weighted by Crippen LogP contribution is 2.44. The van der Waals surface area contributed by atoms with E-state index in [4.69, 9.17) is 53.0 Å². The van der Waals surface area contributed by atoms with Gasteiger partial charge in [-0.1, -0.05) is 123 Å². The summed E-state index contributed by atoms with van der Waals surface area (Å²) in [6, 6.07) is 14.2. The molecule has 4 heterocycles. The molecule has 38 nitrogen and oxygen atoms in total. The molecule has 0 unspecified atom stereocenters. The number of aliphatic hydroxyl groups excluding tert-OH is 1. The van der Waals surface area contributed by atoms with Crippen molar-refractivity contribution in [2.24, 2.45) is 46.8 Å². The second-order valence-corrected chi connectivity index (χ2v) is 36.9. The number of carboxylic acid groups (broad SMARTS) is 1. The smallest absolute Gasteiger partial charge is 0.410 e. The van der Waals surface area contributed by atoms with Gasteiger partial charge < -0.3 is 114 Å². The molecule has 0 bridgehead atoms. The summed E-state index contributed by atoms with van der Waals surface area (Å²) in [6.45, 7) is 20.5. The Bertz CT molecular complexity index is 5100. The number of imidazole rings is 1. The Balaban J connectivity index is 0.857. The zero-order valence-electron chi connectivity index (χ0n) is 81.0. The van der Waals surface area contributed by atoms with Crippen LogP contribution < -0.4 is 75.3 Å². The second kappa shape index (κ2) is 53.5. The third-order valence-electron chi connectivity index (χ3n) is 24.9. The van der Waals surface area contributed by atoms with E-state index in [1.165, 1.54) is 49.4 Å². The van der Waals surface area contributed by atoms with Gasteiger partial charge in [-0.15, -0.1) is 0 Å². The molecule has 2 aliphatic rings. The van der Waals surface area contributed by atoms with Crippen LogP contribution in [0.1, 0.15) is 186 Å². The lowest BCUT2D eigenvalue weighted by Gasteiger charge is -2.40. The number of urea groups is 1. The highest BCUT2D eigenvalue weighted by atomic mass is 35.5. The Morgan fingerprint density at radius 2 is 1.39 bits per heavy atom. The molecule has 40 heteroatoms. The van der Waals surface area contributed by atoms with E-state index >= 15 is 4.39 Å². The van der Waals surface area contributed by atoms with E-state index in [9.17, 15) is 72.5 Å². The van der Waals surface area contributed by atoms with Crippen molar-refractivity contribution in [3.63, 3.8) is 0 Å². The van der Waals surface area contributed by atoms with Crippen molar-refractivity contribution in [1.82, 2.24) is 72.2 Å². The first kappa shape index (κ1) is 110.